The molecule has 1 aliphatic carbocycles. The minimum atomic E-state index is -0.0273. The van der Waals surface area contributed by atoms with Crippen molar-refractivity contribution in [2.45, 2.75) is 57.5 Å². The summed E-state index contributed by atoms with van der Waals surface area (Å²) < 4.78 is 0. The van der Waals surface area contributed by atoms with Gasteiger partial charge in [0.1, 0.15) is 0 Å². The SMILES string of the molecule is CC(C(=O)c1ccc2c(c1)CCN2)N(C)C1CCCCC1. The summed E-state index contributed by atoms with van der Waals surface area (Å²) in [5.41, 5.74) is 3.35. The predicted octanol–water partition coefficient (Wildman–Crippen LogP) is 3.49. The molecule has 0 amide bonds. The van der Waals surface area contributed by atoms with Crippen LogP contribution in [0.25, 0.3) is 0 Å². The molecule has 1 aliphatic heterocycles. The summed E-state index contributed by atoms with van der Waals surface area (Å²) in [6.07, 6.45) is 7.47. The molecular weight excluding hydrogens is 260 g/mol. The molecule has 0 bridgehead atoms. The molecule has 1 atom stereocenters. The first-order valence-electron chi connectivity index (χ1n) is 8.30. The molecule has 1 unspecified atom stereocenters. The average molecular weight is 286 g/mol. The molecule has 3 nitrogen and oxygen atoms in total. The summed E-state index contributed by atoms with van der Waals surface area (Å²) in [6.45, 7) is 3.05. The molecule has 1 N–H and O–H groups in total. The summed E-state index contributed by atoms with van der Waals surface area (Å²) in [5.74, 6) is 0.262. The third-order valence-corrected chi connectivity index (χ3v) is 5.24. The van der Waals surface area contributed by atoms with Crippen molar-refractivity contribution in [2.75, 3.05) is 18.9 Å². The quantitative estimate of drug-likeness (QED) is 0.860. The number of likely N-dealkylation sites (N-methyl/N-ethyl adjacent to an activating group) is 1. The second-order valence-electron chi connectivity index (χ2n) is 6.55. The van der Waals surface area contributed by atoms with Crippen LogP contribution in [-0.2, 0) is 6.42 Å². The molecule has 3 rings (SSSR count). The maximum atomic E-state index is 12.8. The largest absolute Gasteiger partial charge is 0.384 e. The second-order valence-corrected chi connectivity index (χ2v) is 6.55. The maximum Gasteiger partial charge on any atom is 0.179 e. The highest BCUT2D eigenvalue weighted by molar-refractivity contribution is 6.00. The monoisotopic (exact) mass is 286 g/mol. The Labute approximate surface area is 127 Å². The summed E-state index contributed by atoms with van der Waals surface area (Å²) in [4.78, 5) is 15.1. The summed E-state index contributed by atoms with van der Waals surface area (Å²) in [5, 5.41) is 3.35. The molecule has 0 radical (unpaired) electrons. The van der Waals surface area contributed by atoms with Crippen molar-refractivity contribution in [3.63, 3.8) is 0 Å². The van der Waals surface area contributed by atoms with Crippen LogP contribution in [0.3, 0.4) is 0 Å². The topological polar surface area (TPSA) is 32.3 Å². The van der Waals surface area contributed by atoms with Gasteiger partial charge in [-0.2, -0.15) is 0 Å². The first-order chi connectivity index (χ1) is 10.2. The Morgan fingerprint density at radius 2 is 2.05 bits per heavy atom. The van der Waals surface area contributed by atoms with Gasteiger partial charge >= 0.3 is 0 Å². The number of anilines is 1. The molecule has 1 aromatic carbocycles. The van der Waals surface area contributed by atoms with Gasteiger partial charge < -0.3 is 5.32 Å². The number of fused-ring (bicyclic) bond motifs is 1. The van der Waals surface area contributed by atoms with Crippen LogP contribution in [0.15, 0.2) is 18.2 Å². The predicted molar refractivity (Wildman–Crippen MR) is 87.1 cm³/mol. The van der Waals surface area contributed by atoms with Crippen LogP contribution in [0.2, 0.25) is 0 Å². The molecule has 114 valence electrons. The van der Waals surface area contributed by atoms with E-state index < -0.39 is 0 Å². The number of nitrogens with one attached hydrogen (secondary N) is 1. The summed E-state index contributed by atoms with van der Waals surface area (Å²) >= 11 is 0. The van der Waals surface area contributed by atoms with Crippen molar-refractivity contribution in [2.24, 2.45) is 0 Å². The standard InChI is InChI=1S/C18H26N2O/c1-13(20(2)16-6-4-3-5-7-16)18(21)15-8-9-17-14(12-15)10-11-19-17/h8-9,12-13,16,19H,3-7,10-11H2,1-2H3. The molecular formula is C18H26N2O. The van der Waals surface area contributed by atoms with E-state index in [9.17, 15) is 4.79 Å². The van der Waals surface area contributed by atoms with Gasteiger partial charge in [0.25, 0.3) is 0 Å². The third-order valence-electron chi connectivity index (χ3n) is 5.24. The Morgan fingerprint density at radius 1 is 1.29 bits per heavy atom. The van der Waals surface area contributed by atoms with E-state index in [1.807, 2.05) is 6.07 Å². The molecule has 21 heavy (non-hydrogen) atoms. The van der Waals surface area contributed by atoms with Crippen molar-refractivity contribution in [3.05, 3.63) is 29.3 Å². The van der Waals surface area contributed by atoms with Crippen molar-refractivity contribution < 1.29 is 4.79 Å². The van der Waals surface area contributed by atoms with E-state index >= 15 is 0 Å². The second kappa shape index (κ2) is 6.18. The van der Waals surface area contributed by atoms with Gasteiger partial charge in [0.05, 0.1) is 6.04 Å². The molecule has 1 heterocycles. The van der Waals surface area contributed by atoms with Gasteiger partial charge in [-0.3, -0.25) is 9.69 Å². The Kier molecular flexibility index (Phi) is 4.29. The maximum absolute atomic E-state index is 12.8. The van der Waals surface area contributed by atoms with E-state index in [0.29, 0.717) is 6.04 Å². The normalized spacial score (nSPS) is 20.1. The lowest BCUT2D eigenvalue weighted by Crippen LogP contribution is -2.43. The summed E-state index contributed by atoms with van der Waals surface area (Å²) in [7, 11) is 2.12. The highest BCUT2D eigenvalue weighted by Crippen LogP contribution is 2.26. The van der Waals surface area contributed by atoms with Gasteiger partial charge in [0.15, 0.2) is 5.78 Å². The number of hydrogen-bond donors (Lipinski definition) is 1. The number of carbonyl (C=O) groups excluding carboxylic acids is 1. The van der Waals surface area contributed by atoms with Crippen molar-refractivity contribution in [3.8, 4) is 0 Å². The minimum Gasteiger partial charge on any atom is -0.384 e. The Hall–Kier alpha value is -1.35. The molecule has 1 aromatic rings. The first kappa shape index (κ1) is 14.6. The number of ketones is 1. The number of benzene rings is 1. The smallest absolute Gasteiger partial charge is 0.179 e. The first-order valence-corrected chi connectivity index (χ1v) is 8.30. The van der Waals surface area contributed by atoms with Crippen LogP contribution in [0.5, 0.6) is 0 Å². The lowest BCUT2D eigenvalue weighted by molar-refractivity contribution is 0.0778. The van der Waals surface area contributed by atoms with Crippen molar-refractivity contribution >= 4 is 11.5 Å². The zero-order valence-corrected chi connectivity index (χ0v) is 13.2. The number of nitrogens with zero attached hydrogens (tertiary/aromatic N) is 1. The van der Waals surface area contributed by atoms with Crippen molar-refractivity contribution in [1.29, 1.82) is 0 Å². The van der Waals surface area contributed by atoms with Gasteiger partial charge in [-0.05, 0) is 57.0 Å². The summed E-state index contributed by atoms with van der Waals surface area (Å²) in [6, 6.07) is 6.67. The lowest BCUT2D eigenvalue weighted by Gasteiger charge is -2.34. The van der Waals surface area contributed by atoms with Crippen LogP contribution in [0.4, 0.5) is 5.69 Å². The number of Topliss-reactive ketones (excluding diaryl/α,β-unsaturated/α-hetero) is 1. The van der Waals surface area contributed by atoms with E-state index in [0.717, 1.165) is 18.5 Å². The third kappa shape index (κ3) is 2.98. The molecule has 1 fully saturated rings. The number of rotatable bonds is 4. The Balaban J connectivity index is 1.71. The fourth-order valence-electron chi connectivity index (χ4n) is 3.69. The average Bonchev–Trinajstić information content (AvgIpc) is 3.01. The van der Waals surface area contributed by atoms with Gasteiger partial charge in [-0.1, -0.05) is 19.3 Å². The number of carbonyl (C=O) groups is 1. The molecule has 0 aromatic heterocycles. The molecule has 0 spiro atoms. The zero-order chi connectivity index (χ0) is 14.8. The lowest BCUT2D eigenvalue weighted by atomic mass is 9.92. The van der Waals surface area contributed by atoms with E-state index in [4.69, 9.17) is 0 Å². The molecule has 3 heteroatoms. The molecule has 1 saturated carbocycles. The fraction of sp³-hybridized carbons (Fsp3) is 0.611. The van der Waals surface area contributed by atoms with Crippen LogP contribution < -0.4 is 5.32 Å². The van der Waals surface area contributed by atoms with Crippen LogP contribution in [0, 0.1) is 0 Å². The molecule has 0 saturated heterocycles. The van der Waals surface area contributed by atoms with Crippen LogP contribution >= 0.6 is 0 Å². The van der Waals surface area contributed by atoms with Gasteiger partial charge in [0.2, 0.25) is 0 Å². The van der Waals surface area contributed by atoms with Gasteiger partial charge in [-0.25, -0.2) is 0 Å². The highest BCUT2D eigenvalue weighted by atomic mass is 16.1. The van der Waals surface area contributed by atoms with E-state index in [1.165, 1.54) is 43.4 Å². The van der Waals surface area contributed by atoms with E-state index in [-0.39, 0.29) is 11.8 Å². The Bertz CT molecular complexity index is 520. The number of hydrogen-bond acceptors (Lipinski definition) is 3. The fourth-order valence-corrected chi connectivity index (χ4v) is 3.69. The van der Waals surface area contributed by atoms with Crippen LogP contribution in [0.1, 0.15) is 54.9 Å². The van der Waals surface area contributed by atoms with Gasteiger partial charge in [0, 0.05) is 23.8 Å². The minimum absolute atomic E-state index is 0.0273. The Morgan fingerprint density at radius 3 is 2.81 bits per heavy atom. The van der Waals surface area contributed by atoms with Crippen molar-refractivity contribution in [1.82, 2.24) is 4.90 Å². The van der Waals surface area contributed by atoms with Gasteiger partial charge in [-0.15, -0.1) is 0 Å². The van der Waals surface area contributed by atoms with E-state index in [2.05, 4.69) is 36.3 Å². The van der Waals surface area contributed by atoms with Crippen LogP contribution in [-0.4, -0.2) is 36.4 Å². The van der Waals surface area contributed by atoms with E-state index in [1.54, 1.807) is 0 Å². The zero-order valence-electron chi connectivity index (χ0n) is 13.2. The molecule has 2 aliphatic rings. The highest BCUT2D eigenvalue weighted by Gasteiger charge is 2.27.